The third-order valence-corrected chi connectivity index (χ3v) is 13.7. The van der Waals surface area contributed by atoms with Crippen molar-refractivity contribution in [1.82, 2.24) is 39.0 Å². The number of nitrogens with zero attached hydrogens (tertiary/aromatic N) is 6. The number of amides is 4. The number of nitrogens with one attached hydrogen (secondary N) is 4. The first kappa shape index (κ1) is 44.3. The van der Waals surface area contributed by atoms with Crippen LogP contribution in [0.1, 0.15) is 35.1 Å². The number of carbonyl (C=O) groups is 2. The van der Waals surface area contributed by atoms with Gasteiger partial charge in [-0.25, -0.2) is 29.0 Å². The Morgan fingerprint density at radius 3 is 1.44 bits per heavy atom. The number of fused-ring (bicyclic) bond motifs is 16. The highest BCUT2D eigenvalue weighted by atomic mass is 32.2. The molecule has 344 valence electrons. The van der Waals surface area contributed by atoms with E-state index in [2.05, 4.69) is 40.2 Å². The lowest BCUT2D eigenvalue weighted by Crippen LogP contribution is -2.35. The minimum Gasteiger partial charge on any atom is -0.475 e. The molecule has 2 aromatic carbocycles. The average molecular weight is 939 g/mol. The van der Waals surface area contributed by atoms with Crippen LogP contribution in [0.5, 0.6) is 11.8 Å². The van der Waals surface area contributed by atoms with Gasteiger partial charge in [0, 0.05) is 48.0 Å². The van der Waals surface area contributed by atoms with Crippen molar-refractivity contribution in [3.8, 4) is 34.0 Å². The molecule has 20 nitrogen and oxygen atoms in total. The second kappa shape index (κ2) is 19.3. The molecule has 0 fully saturated rings. The number of ether oxygens (including phenoxy) is 4. The number of urea groups is 2. The predicted molar refractivity (Wildman–Crippen MR) is 239 cm³/mol. The second-order valence-electron chi connectivity index (χ2n) is 15.6. The molecule has 0 saturated heterocycles. The molecule has 6 aromatic rings. The Morgan fingerprint density at radius 1 is 0.530 bits per heavy atom. The maximum Gasteiger partial charge on any atom is 0.333 e. The number of carbonyl (C=O) groups excluding carboxylic acids is 2. The number of benzene rings is 2. The van der Waals surface area contributed by atoms with E-state index in [4.69, 9.17) is 18.9 Å². The molecule has 4 N–H and O–H groups in total. The summed E-state index contributed by atoms with van der Waals surface area (Å²) in [5, 5.41) is 13.2. The molecule has 0 spiro atoms. The molecule has 4 amide bonds. The van der Waals surface area contributed by atoms with Gasteiger partial charge in [0.25, 0.3) is 20.0 Å². The molecule has 0 atom stereocenters. The van der Waals surface area contributed by atoms with Crippen molar-refractivity contribution in [2.75, 3.05) is 50.3 Å². The van der Waals surface area contributed by atoms with E-state index in [9.17, 15) is 26.4 Å². The Morgan fingerprint density at radius 2 is 0.985 bits per heavy atom. The first-order chi connectivity index (χ1) is 32.0. The van der Waals surface area contributed by atoms with Crippen molar-refractivity contribution < 1.29 is 45.4 Å². The maximum atomic E-state index is 12.8. The minimum absolute atomic E-state index is 0.237. The van der Waals surface area contributed by atoms with Gasteiger partial charge in [-0.1, -0.05) is 24.3 Å². The van der Waals surface area contributed by atoms with Gasteiger partial charge in [0.15, 0.2) is 10.1 Å². The van der Waals surface area contributed by atoms with Gasteiger partial charge in [-0.15, -0.1) is 0 Å². The molecule has 66 heavy (non-hydrogen) atoms. The van der Waals surface area contributed by atoms with Crippen LogP contribution in [0.2, 0.25) is 0 Å². The molecule has 8 bridgehead atoms. The lowest BCUT2D eigenvalue weighted by molar-refractivity contribution is 0.0910. The fourth-order valence-corrected chi connectivity index (χ4v) is 9.89. The topological polar surface area (TPSA) is 249 Å². The molecule has 4 aromatic heterocycles. The predicted octanol–water partition coefficient (Wildman–Crippen LogP) is 4.71. The van der Waals surface area contributed by atoms with E-state index in [0.717, 1.165) is 83.0 Å². The van der Waals surface area contributed by atoms with Crippen molar-refractivity contribution in [3.05, 3.63) is 108 Å². The Labute approximate surface area is 380 Å². The van der Waals surface area contributed by atoms with Crippen molar-refractivity contribution >= 4 is 43.5 Å². The summed E-state index contributed by atoms with van der Waals surface area (Å²) >= 11 is 0. The van der Waals surface area contributed by atoms with Gasteiger partial charge in [-0.05, 0) is 96.2 Å². The normalized spacial score (nSPS) is 18.0. The summed E-state index contributed by atoms with van der Waals surface area (Å²) in [4.78, 5) is 34.1. The van der Waals surface area contributed by atoms with Crippen LogP contribution in [0.4, 0.5) is 21.0 Å². The minimum atomic E-state index is -4.14. The molecule has 6 heterocycles. The highest BCUT2D eigenvalue weighted by Crippen LogP contribution is 2.40. The molecular formula is C44H46N10O10S2. The number of rotatable bonds is 0. The molecule has 0 saturated carbocycles. The lowest BCUT2D eigenvalue weighted by atomic mass is 9.98. The Bertz CT molecular complexity index is 2810. The third kappa shape index (κ3) is 10.2. The van der Waals surface area contributed by atoms with Crippen molar-refractivity contribution in [2.24, 2.45) is 0 Å². The van der Waals surface area contributed by atoms with Crippen molar-refractivity contribution in [2.45, 2.75) is 61.7 Å². The molecular weight excluding hydrogens is 893 g/mol. The first-order valence-corrected chi connectivity index (χ1v) is 24.3. The smallest absolute Gasteiger partial charge is 0.333 e. The Kier molecular flexibility index (Phi) is 13.0. The molecule has 2 aliphatic carbocycles. The van der Waals surface area contributed by atoms with E-state index in [1.165, 1.54) is 33.9 Å². The summed E-state index contributed by atoms with van der Waals surface area (Å²) in [5.74, 6) is 0.875. The van der Waals surface area contributed by atoms with E-state index in [-0.39, 0.29) is 10.1 Å². The van der Waals surface area contributed by atoms with Crippen molar-refractivity contribution in [1.29, 1.82) is 0 Å². The monoisotopic (exact) mass is 938 g/mol. The van der Waals surface area contributed by atoms with Crippen LogP contribution < -0.4 is 29.6 Å². The third-order valence-electron chi connectivity index (χ3n) is 11.3. The van der Waals surface area contributed by atoms with Gasteiger partial charge in [0.1, 0.15) is 13.2 Å². The highest BCUT2D eigenvalue weighted by Gasteiger charge is 2.27. The maximum absolute atomic E-state index is 12.8. The lowest BCUT2D eigenvalue weighted by Gasteiger charge is -2.17. The van der Waals surface area contributed by atoms with E-state index in [0.29, 0.717) is 75.9 Å². The molecule has 0 radical (unpaired) electrons. The van der Waals surface area contributed by atoms with Gasteiger partial charge in [-0.3, -0.25) is 9.36 Å². The summed E-state index contributed by atoms with van der Waals surface area (Å²) in [6.45, 7) is 2.68. The number of aromatic nitrogens is 6. The number of pyridine rings is 2. The van der Waals surface area contributed by atoms with Crippen LogP contribution in [0.25, 0.3) is 22.3 Å². The number of anilines is 2. The molecule has 0 unspecified atom stereocenters. The number of sulfonamides is 2. The van der Waals surface area contributed by atoms with E-state index in [1.807, 2.05) is 36.4 Å². The largest absolute Gasteiger partial charge is 0.475 e. The Balaban J connectivity index is 0.000000166. The van der Waals surface area contributed by atoms with Crippen LogP contribution in [0.15, 0.2) is 95.5 Å². The zero-order chi connectivity index (χ0) is 45.7. The number of aryl methyl sites for hydroxylation is 2. The van der Waals surface area contributed by atoms with Crippen LogP contribution >= 0.6 is 0 Å². The van der Waals surface area contributed by atoms with E-state index in [1.54, 1.807) is 24.5 Å². The van der Waals surface area contributed by atoms with Crippen LogP contribution in [0.3, 0.4) is 0 Å². The molecule has 22 heteroatoms. The van der Waals surface area contributed by atoms with E-state index >= 15 is 0 Å². The second-order valence-corrected chi connectivity index (χ2v) is 18.9. The zero-order valence-corrected chi connectivity index (χ0v) is 37.2. The van der Waals surface area contributed by atoms with Gasteiger partial charge in [0.2, 0.25) is 11.8 Å². The quantitative estimate of drug-likeness (QED) is 0.161. The fourth-order valence-electron chi connectivity index (χ4n) is 8.19. The van der Waals surface area contributed by atoms with Gasteiger partial charge < -0.3 is 29.6 Å². The van der Waals surface area contributed by atoms with Crippen LogP contribution in [-0.4, -0.2) is 98.1 Å². The van der Waals surface area contributed by atoms with Crippen LogP contribution in [-0.2, 0) is 68.3 Å². The summed E-state index contributed by atoms with van der Waals surface area (Å²) in [7, 11) is -8.28. The molecule has 4 aliphatic rings. The highest BCUT2D eigenvalue weighted by molar-refractivity contribution is 7.90. The average Bonchev–Trinajstić information content (AvgIpc) is 4.14. The SMILES string of the molecule is O=C1Nc2c(ccc3c2CCC3)-c2ccnc(c2)OCCOCCn2ccc(n2)S(=O)(=O)N1.O=C1Nc2c(ccc3c2CCC3)-c2ccnc(c2)OCCOCCn2ccc(n2)S(=O)(=O)N1. The fraction of sp³-hybridized carbons (Fsp3) is 0.318. The van der Waals surface area contributed by atoms with Crippen LogP contribution in [0, 0.1) is 0 Å². The molecule has 10 rings (SSSR count). The number of hydrogen-bond donors (Lipinski definition) is 4. The van der Waals surface area contributed by atoms with Gasteiger partial charge in [0.05, 0.1) is 50.9 Å². The summed E-state index contributed by atoms with van der Waals surface area (Å²) in [6.07, 6.45) is 11.7. The van der Waals surface area contributed by atoms with E-state index < -0.39 is 32.1 Å². The Hall–Kier alpha value is -6.88. The standard InChI is InChI=1S/2C22H23N5O5S/c2*28-22-24-21-17-3-1-2-15(17)4-5-18(21)16-6-8-23-19(14-16)32-13-12-31-11-10-27-9-7-20(25-27)33(29,30)26-22/h2*4-9,14H,1-3,10-13H2,(H2,24,26,28). The molecule has 2 aliphatic heterocycles. The summed E-state index contributed by atoms with van der Waals surface area (Å²) < 4.78 is 80.5. The van der Waals surface area contributed by atoms with Gasteiger partial charge >= 0.3 is 12.1 Å². The zero-order valence-electron chi connectivity index (χ0n) is 35.6. The summed E-state index contributed by atoms with van der Waals surface area (Å²) in [5.41, 5.74) is 8.59. The van der Waals surface area contributed by atoms with Gasteiger partial charge in [-0.2, -0.15) is 27.0 Å². The van der Waals surface area contributed by atoms with Crippen molar-refractivity contribution in [3.63, 3.8) is 0 Å². The first-order valence-electron chi connectivity index (χ1n) is 21.4. The number of hydrogen-bond acceptors (Lipinski definition) is 14. The summed E-state index contributed by atoms with van der Waals surface area (Å²) in [6, 6.07) is 16.2.